The van der Waals surface area contributed by atoms with Gasteiger partial charge in [0.2, 0.25) is 5.91 Å². The third kappa shape index (κ3) is 3.29. The Morgan fingerprint density at radius 3 is 2.58 bits per heavy atom. The van der Waals surface area contributed by atoms with Crippen molar-refractivity contribution in [2.24, 2.45) is 25.2 Å². The van der Waals surface area contributed by atoms with Crippen LogP contribution >= 0.6 is 0 Å². The van der Waals surface area contributed by atoms with E-state index in [9.17, 15) is 14.4 Å². The number of aryl methyl sites for hydroxylation is 1. The molecule has 2 aromatic rings. The van der Waals surface area contributed by atoms with Crippen molar-refractivity contribution in [3.8, 4) is 0 Å². The quantitative estimate of drug-likeness (QED) is 0.841. The van der Waals surface area contributed by atoms with Gasteiger partial charge >= 0.3 is 5.69 Å². The van der Waals surface area contributed by atoms with Gasteiger partial charge in [-0.25, -0.2) is 9.78 Å². The van der Waals surface area contributed by atoms with E-state index in [2.05, 4.69) is 10.3 Å². The maximum absolute atomic E-state index is 12.5. The number of carbonyl (C=O) groups excluding carboxylic acids is 1. The van der Waals surface area contributed by atoms with Gasteiger partial charge in [0.1, 0.15) is 5.65 Å². The average molecular weight is 359 g/mol. The van der Waals surface area contributed by atoms with Crippen LogP contribution in [0.3, 0.4) is 0 Å². The minimum absolute atomic E-state index is 0.125. The zero-order chi connectivity index (χ0) is 18.9. The highest BCUT2D eigenvalue weighted by atomic mass is 16.2. The first-order valence-electron chi connectivity index (χ1n) is 8.93. The Balaban J connectivity index is 1.86. The summed E-state index contributed by atoms with van der Waals surface area (Å²) in [7, 11) is 2.98. The van der Waals surface area contributed by atoms with Crippen molar-refractivity contribution in [3.05, 3.63) is 33.1 Å². The molecule has 26 heavy (non-hydrogen) atoms. The van der Waals surface area contributed by atoms with Crippen molar-refractivity contribution >= 4 is 22.6 Å². The standard InChI is InChI=1S/C18H25N5O3/c1-22-15-13(16(25)23(2)17(22)26)8-12(10-20-15)21-14(24)9-18(11-19)6-4-3-5-7-18/h8,10H,3-7,9,11,19H2,1-2H3,(H,21,24). The molecule has 3 N–H and O–H groups in total. The Kier molecular flexibility index (Phi) is 4.95. The number of rotatable bonds is 4. The van der Waals surface area contributed by atoms with Gasteiger partial charge in [-0.1, -0.05) is 19.3 Å². The van der Waals surface area contributed by atoms with E-state index in [4.69, 9.17) is 5.73 Å². The molecule has 0 aromatic carbocycles. The zero-order valence-electron chi connectivity index (χ0n) is 15.2. The third-order valence-electron chi connectivity index (χ3n) is 5.46. The summed E-state index contributed by atoms with van der Waals surface area (Å²) in [6.07, 6.45) is 7.17. The van der Waals surface area contributed by atoms with Gasteiger partial charge in [0.25, 0.3) is 5.56 Å². The molecule has 0 aliphatic heterocycles. The SMILES string of the molecule is Cn1c(=O)c2cc(NC(=O)CC3(CN)CCCCC3)cnc2n(C)c1=O. The normalized spacial score (nSPS) is 16.6. The summed E-state index contributed by atoms with van der Waals surface area (Å²) < 4.78 is 2.34. The molecule has 0 radical (unpaired) electrons. The van der Waals surface area contributed by atoms with E-state index < -0.39 is 11.2 Å². The minimum Gasteiger partial charge on any atom is -0.330 e. The molecule has 8 heteroatoms. The molecule has 8 nitrogen and oxygen atoms in total. The molecule has 2 heterocycles. The summed E-state index contributed by atoms with van der Waals surface area (Å²) in [6.45, 7) is 0.499. The molecular weight excluding hydrogens is 334 g/mol. The molecule has 1 aliphatic rings. The first kappa shape index (κ1) is 18.3. The number of nitrogens with zero attached hydrogens (tertiary/aromatic N) is 3. The van der Waals surface area contributed by atoms with Crippen molar-refractivity contribution in [2.75, 3.05) is 11.9 Å². The van der Waals surface area contributed by atoms with E-state index >= 15 is 0 Å². The van der Waals surface area contributed by atoms with Crippen LogP contribution in [0.5, 0.6) is 0 Å². The highest BCUT2D eigenvalue weighted by Gasteiger charge is 2.33. The fraction of sp³-hybridized carbons (Fsp3) is 0.556. The molecule has 0 bridgehead atoms. The first-order chi connectivity index (χ1) is 12.4. The van der Waals surface area contributed by atoms with E-state index in [0.29, 0.717) is 29.7 Å². The molecule has 1 fully saturated rings. The van der Waals surface area contributed by atoms with Gasteiger partial charge in [-0.05, 0) is 30.9 Å². The van der Waals surface area contributed by atoms with E-state index in [-0.39, 0.29) is 11.3 Å². The van der Waals surface area contributed by atoms with Crippen LogP contribution in [-0.2, 0) is 18.9 Å². The third-order valence-corrected chi connectivity index (χ3v) is 5.46. The number of fused-ring (bicyclic) bond motifs is 1. The number of hydrogen-bond acceptors (Lipinski definition) is 5. The predicted molar refractivity (Wildman–Crippen MR) is 100 cm³/mol. The van der Waals surface area contributed by atoms with Crippen molar-refractivity contribution in [1.29, 1.82) is 0 Å². The molecule has 1 aliphatic carbocycles. The van der Waals surface area contributed by atoms with Gasteiger partial charge in [0.15, 0.2) is 0 Å². The monoisotopic (exact) mass is 359 g/mol. The second kappa shape index (κ2) is 7.03. The number of nitrogens with two attached hydrogens (primary N) is 1. The van der Waals surface area contributed by atoms with Crippen LogP contribution in [0.2, 0.25) is 0 Å². The van der Waals surface area contributed by atoms with Gasteiger partial charge in [0, 0.05) is 20.5 Å². The summed E-state index contributed by atoms with van der Waals surface area (Å²) in [5, 5.41) is 3.12. The molecule has 2 aromatic heterocycles. The molecule has 0 atom stereocenters. The average Bonchev–Trinajstić information content (AvgIpc) is 2.65. The van der Waals surface area contributed by atoms with Crippen LogP contribution in [0.1, 0.15) is 38.5 Å². The summed E-state index contributed by atoms with van der Waals surface area (Å²) in [5.41, 5.74) is 5.69. The lowest BCUT2D eigenvalue weighted by Crippen LogP contribution is -2.37. The smallest absolute Gasteiger partial charge is 0.330 e. The molecule has 1 amide bonds. The number of anilines is 1. The number of carbonyl (C=O) groups is 1. The van der Waals surface area contributed by atoms with Gasteiger partial charge in [-0.2, -0.15) is 0 Å². The molecular formula is C18H25N5O3. The number of pyridine rings is 1. The molecule has 0 saturated heterocycles. The van der Waals surface area contributed by atoms with Crippen LogP contribution in [0.25, 0.3) is 11.0 Å². The largest absolute Gasteiger partial charge is 0.332 e. The number of amides is 1. The van der Waals surface area contributed by atoms with Crippen LogP contribution < -0.4 is 22.3 Å². The Labute approximate surface area is 151 Å². The highest BCUT2D eigenvalue weighted by Crippen LogP contribution is 2.38. The van der Waals surface area contributed by atoms with E-state index in [0.717, 1.165) is 30.3 Å². The lowest BCUT2D eigenvalue weighted by Gasteiger charge is -2.35. The van der Waals surface area contributed by atoms with Crippen LogP contribution in [0.15, 0.2) is 21.9 Å². The van der Waals surface area contributed by atoms with E-state index in [1.807, 2.05) is 0 Å². The van der Waals surface area contributed by atoms with Crippen LogP contribution in [0, 0.1) is 5.41 Å². The highest BCUT2D eigenvalue weighted by molar-refractivity contribution is 5.93. The maximum Gasteiger partial charge on any atom is 0.332 e. The second-order valence-electron chi connectivity index (χ2n) is 7.29. The molecule has 1 saturated carbocycles. The second-order valence-corrected chi connectivity index (χ2v) is 7.29. The lowest BCUT2D eigenvalue weighted by atomic mass is 9.71. The topological polar surface area (TPSA) is 112 Å². The summed E-state index contributed by atoms with van der Waals surface area (Å²) in [4.78, 5) is 41.0. The van der Waals surface area contributed by atoms with Crippen molar-refractivity contribution in [3.63, 3.8) is 0 Å². The van der Waals surface area contributed by atoms with Crippen molar-refractivity contribution in [1.82, 2.24) is 14.1 Å². The Morgan fingerprint density at radius 2 is 1.92 bits per heavy atom. The molecule has 0 unspecified atom stereocenters. The van der Waals surface area contributed by atoms with Gasteiger partial charge in [-0.3, -0.25) is 18.7 Å². The van der Waals surface area contributed by atoms with Crippen LogP contribution in [-0.4, -0.2) is 26.6 Å². The zero-order valence-corrected chi connectivity index (χ0v) is 15.2. The van der Waals surface area contributed by atoms with Gasteiger partial charge in [0.05, 0.1) is 17.3 Å². The van der Waals surface area contributed by atoms with Gasteiger partial charge < -0.3 is 11.1 Å². The summed E-state index contributed by atoms with van der Waals surface area (Å²) in [5.74, 6) is -0.125. The predicted octanol–water partition coefficient (Wildman–Crippen LogP) is 0.870. The van der Waals surface area contributed by atoms with E-state index in [1.165, 1.54) is 24.2 Å². The van der Waals surface area contributed by atoms with Crippen molar-refractivity contribution in [2.45, 2.75) is 38.5 Å². The maximum atomic E-state index is 12.5. The number of hydrogen-bond donors (Lipinski definition) is 2. The van der Waals surface area contributed by atoms with Gasteiger partial charge in [-0.15, -0.1) is 0 Å². The Morgan fingerprint density at radius 1 is 1.23 bits per heavy atom. The number of nitrogens with one attached hydrogen (secondary N) is 1. The number of aromatic nitrogens is 3. The molecule has 3 rings (SSSR count). The Bertz CT molecular complexity index is 954. The fourth-order valence-corrected chi connectivity index (χ4v) is 3.83. The van der Waals surface area contributed by atoms with Crippen LogP contribution in [0.4, 0.5) is 5.69 Å². The lowest BCUT2D eigenvalue weighted by molar-refractivity contribution is -0.118. The summed E-state index contributed by atoms with van der Waals surface area (Å²) in [6, 6.07) is 1.57. The van der Waals surface area contributed by atoms with Crippen molar-refractivity contribution < 1.29 is 4.79 Å². The molecule has 140 valence electrons. The Hall–Kier alpha value is -2.48. The van der Waals surface area contributed by atoms with E-state index in [1.54, 1.807) is 13.1 Å². The fourth-order valence-electron chi connectivity index (χ4n) is 3.83. The molecule has 0 spiro atoms. The first-order valence-corrected chi connectivity index (χ1v) is 8.93. The minimum atomic E-state index is -0.436. The summed E-state index contributed by atoms with van der Waals surface area (Å²) >= 11 is 0.